The van der Waals surface area contributed by atoms with E-state index in [0.717, 1.165) is 11.1 Å². The number of carbonyl (C=O) groups is 1. The Hall–Kier alpha value is -1.85. The average Bonchev–Trinajstić information content (AvgIpc) is 2.93. The molecule has 0 amide bonds. The Balaban J connectivity index is 2.12. The van der Waals surface area contributed by atoms with Gasteiger partial charge in [-0.3, -0.25) is 9.36 Å². The third kappa shape index (κ3) is 5.74. The van der Waals surface area contributed by atoms with E-state index in [1.54, 1.807) is 13.8 Å². The highest BCUT2D eigenvalue weighted by atomic mass is 31.2. The second kappa shape index (κ2) is 9.96. The van der Waals surface area contributed by atoms with Gasteiger partial charge in [0.25, 0.3) is 7.52 Å². The van der Waals surface area contributed by atoms with E-state index < -0.39 is 68.3 Å². The fraction of sp³-hybridized carbons (Fsp3) is 0.684. The maximum atomic E-state index is 15.6. The van der Waals surface area contributed by atoms with E-state index in [0.29, 0.717) is 0 Å². The fourth-order valence-corrected chi connectivity index (χ4v) is 4.71. The lowest BCUT2D eigenvalue weighted by atomic mass is 9.82. The van der Waals surface area contributed by atoms with E-state index in [1.807, 2.05) is 0 Å². The van der Waals surface area contributed by atoms with Crippen molar-refractivity contribution in [1.29, 1.82) is 0 Å². The van der Waals surface area contributed by atoms with Crippen LogP contribution >= 0.6 is 7.52 Å². The number of hydrogen-bond donors (Lipinski definition) is 3. The number of aliphatic hydroxyl groups is 1. The van der Waals surface area contributed by atoms with Gasteiger partial charge in [-0.25, -0.2) is 18.9 Å². The summed E-state index contributed by atoms with van der Waals surface area (Å²) in [7, 11) is -3.58. The van der Waals surface area contributed by atoms with Crippen molar-refractivity contribution < 1.29 is 37.2 Å². The predicted octanol–water partition coefficient (Wildman–Crippen LogP) is 1.77. The van der Waals surface area contributed by atoms with Gasteiger partial charge in [0, 0.05) is 12.9 Å². The molecule has 0 saturated carbocycles. The van der Waals surface area contributed by atoms with E-state index in [1.165, 1.54) is 20.5 Å². The molecule has 2 aliphatic heterocycles. The van der Waals surface area contributed by atoms with E-state index in [2.05, 4.69) is 16.7 Å². The molecule has 0 aromatic rings. The van der Waals surface area contributed by atoms with Gasteiger partial charge in [0.05, 0.1) is 30.8 Å². The Morgan fingerprint density at radius 1 is 1.53 bits per heavy atom. The SMILES string of the molecule is C=C1N=C(N)C(F)=CN1[C@H]1O[C@H](CO)C(C)(COP(C)(=O)N[C@@H](C)C(=O)OC(C)C)[C@H]1F. The maximum absolute atomic E-state index is 15.6. The zero-order valence-corrected chi connectivity index (χ0v) is 19.6. The molecule has 0 aromatic carbocycles. The van der Waals surface area contributed by atoms with Crippen molar-refractivity contribution in [3.63, 3.8) is 0 Å². The lowest BCUT2D eigenvalue weighted by Gasteiger charge is -2.33. The van der Waals surface area contributed by atoms with Crippen LogP contribution in [0.5, 0.6) is 0 Å². The Morgan fingerprint density at radius 2 is 2.16 bits per heavy atom. The summed E-state index contributed by atoms with van der Waals surface area (Å²) in [4.78, 5) is 16.7. The quantitative estimate of drug-likeness (QED) is 0.333. The van der Waals surface area contributed by atoms with Crippen LogP contribution in [0, 0.1) is 5.41 Å². The molecule has 0 bridgehead atoms. The van der Waals surface area contributed by atoms with Crippen LogP contribution in [-0.2, 0) is 23.4 Å². The second-order valence-electron chi connectivity index (χ2n) is 8.36. The number of nitrogens with zero attached hydrogens (tertiary/aromatic N) is 2. The van der Waals surface area contributed by atoms with Crippen molar-refractivity contribution in [3.8, 4) is 0 Å². The molecular formula is C19H31F2N4O6P. The van der Waals surface area contributed by atoms with Crippen LogP contribution in [0.4, 0.5) is 8.78 Å². The molecule has 13 heteroatoms. The topological polar surface area (TPSA) is 136 Å². The Labute approximate surface area is 186 Å². The molecule has 0 aliphatic carbocycles. The zero-order valence-electron chi connectivity index (χ0n) is 18.7. The molecule has 1 saturated heterocycles. The largest absolute Gasteiger partial charge is 0.462 e. The van der Waals surface area contributed by atoms with E-state index in [4.69, 9.17) is 19.7 Å². The first-order valence-corrected chi connectivity index (χ1v) is 12.1. The minimum absolute atomic E-state index is 0.0428. The van der Waals surface area contributed by atoms with Gasteiger partial charge in [-0.1, -0.05) is 13.5 Å². The second-order valence-corrected chi connectivity index (χ2v) is 10.6. The van der Waals surface area contributed by atoms with Crippen LogP contribution in [-0.4, -0.2) is 72.3 Å². The first kappa shape index (κ1) is 26.4. The number of nitrogens with two attached hydrogens (primary N) is 1. The highest BCUT2D eigenvalue weighted by Crippen LogP contribution is 2.48. The molecule has 0 spiro atoms. The van der Waals surface area contributed by atoms with Crippen molar-refractivity contribution >= 4 is 19.3 Å². The van der Waals surface area contributed by atoms with Crippen LogP contribution in [0.25, 0.3) is 0 Å². The van der Waals surface area contributed by atoms with Gasteiger partial charge in [-0.2, -0.15) is 0 Å². The lowest BCUT2D eigenvalue weighted by Crippen LogP contribution is -2.45. The van der Waals surface area contributed by atoms with Crippen LogP contribution < -0.4 is 10.8 Å². The first-order chi connectivity index (χ1) is 14.7. The normalized spacial score (nSPS) is 31.2. The zero-order chi connectivity index (χ0) is 24.4. The van der Waals surface area contributed by atoms with Crippen molar-refractivity contribution in [2.45, 2.75) is 58.3 Å². The number of amidine groups is 1. The molecule has 32 heavy (non-hydrogen) atoms. The van der Waals surface area contributed by atoms with E-state index in [9.17, 15) is 18.9 Å². The summed E-state index contributed by atoms with van der Waals surface area (Å²) in [5, 5.41) is 12.3. The first-order valence-electron chi connectivity index (χ1n) is 10.0. The predicted molar refractivity (Wildman–Crippen MR) is 114 cm³/mol. The highest BCUT2D eigenvalue weighted by Gasteiger charge is 2.57. The number of halogens is 2. The third-order valence-electron chi connectivity index (χ3n) is 5.16. The van der Waals surface area contributed by atoms with Gasteiger partial charge in [0.1, 0.15) is 11.9 Å². The summed E-state index contributed by atoms with van der Waals surface area (Å²) in [6.45, 7) is 10.1. The van der Waals surface area contributed by atoms with Crippen LogP contribution in [0.2, 0.25) is 0 Å². The third-order valence-corrected chi connectivity index (χ3v) is 6.64. The number of ether oxygens (including phenoxy) is 2. The van der Waals surface area contributed by atoms with Crippen LogP contribution in [0.1, 0.15) is 27.7 Å². The number of carbonyl (C=O) groups excluding carboxylic acids is 1. The molecule has 4 N–H and O–H groups in total. The maximum Gasteiger partial charge on any atom is 0.323 e. The fourth-order valence-electron chi connectivity index (χ4n) is 3.30. The van der Waals surface area contributed by atoms with Gasteiger partial charge >= 0.3 is 5.97 Å². The highest BCUT2D eigenvalue weighted by molar-refractivity contribution is 7.56. The summed E-state index contributed by atoms with van der Waals surface area (Å²) < 4.78 is 58.5. The van der Waals surface area contributed by atoms with Crippen molar-refractivity contribution in [1.82, 2.24) is 9.99 Å². The van der Waals surface area contributed by atoms with Crippen molar-refractivity contribution in [2.24, 2.45) is 16.1 Å². The lowest BCUT2D eigenvalue weighted by molar-refractivity contribution is -0.149. The molecule has 6 atom stereocenters. The van der Waals surface area contributed by atoms with Gasteiger partial charge in [0.2, 0.25) is 0 Å². The molecular weight excluding hydrogens is 449 g/mol. The molecule has 1 fully saturated rings. The number of aliphatic hydroxyl groups excluding tert-OH is 1. The number of hydrogen-bond acceptors (Lipinski definition) is 9. The summed E-state index contributed by atoms with van der Waals surface area (Å²) in [6.07, 6.45) is -3.70. The molecule has 182 valence electrons. The Kier molecular flexibility index (Phi) is 8.22. The van der Waals surface area contributed by atoms with Crippen molar-refractivity contribution in [2.75, 3.05) is 19.9 Å². The van der Waals surface area contributed by atoms with Crippen LogP contribution in [0.3, 0.4) is 0 Å². The Morgan fingerprint density at radius 3 is 2.72 bits per heavy atom. The smallest absolute Gasteiger partial charge is 0.323 e. The Bertz CT molecular complexity index is 854. The average molecular weight is 480 g/mol. The number of alkyl halides is 1. The number of aliphatic imine (C=N–C) groups is 1. The standard InChI is InChI=1S/C19H31F2N4O6P/c1-10(2)30-18(27)11(3)24-32(6,28)29-9-19(5)14(8-26)31-17(15(19)21)25-7-13(20)16(22)23-12(25)4/h7,10-11,14-15,17,26H,4,8-9H2,1-3,5-6H3,(H2,22,23)(H,24,28)/t11-,14+,15-,17-,19?,32?/m0/s1. The molecule has 10 nitrogen and oxygen atoms in total. The van der Waals surface area contributed by atoms with Gasteiger partial charge < -0.3 is 29.7 Å². The summed E-state index contributed by atoms with van der Waals surface area (Å²) in [6, 6.07) is -0.934. The summed E-state index contributed by atoms with van der Waals surface area (Å²) in [5.74, 6) is -1.94. The number of rotatable bonds is 9. The molecule has 2 heterocycles. The molecule has 2 rings (SSSR count). The monoisotopic (exact) mass is 480 g/mol. The van der Waals surface area contributed by atoms with Crippen LogP contribution in [0.15, 0.2) is 29.4 Å². The summed E-state index contributed by atoms with van der Waals surface area (Å²) in [5.41, 5.74) is 3.94. The van der Waals surface area contributed by atoms with Gasteiger partial charge in [0.15, 0.2) is 24.1 Å². The number of esters is 1. The molecule has 2 aliphatic rings. The van der Waals surface area contributed by atoms with E-state index in [-0.39, 0.29) is 11.9 Å². The minimum atomic E-state index is -3.58. The minimum Gasteiger partial charge on any atom is -0.462 e. The number of nitrogens with one attached hydrogen (secondary N) is 1. The summed E-state index contributed by atoms with van der Waals surface area (Å²) >= 11 is 0. The molecule has 0 aromatic heterocycles. The van der Waals surface area contributed by atoms with E-state index >= 15 is 4.39 Å². The molecule has 0 radical (unpaired) electrons. The van der Waals surface area contributed by atoms with Gasteiger partial charge in [-0.15, -0.1) is 0 Å². The molecule has 2 unspecified atom stereocenters. The van der Waals surface area contributed by atoms with Gasteiger partial charge in [-0.05, 0) is 20.8 Å². The van der Waals surface area contributed by atoms with Crippen molar-refractivity contribution in [3.05, 3.63) is 24.4 Å².